The monoisotopic (exact) mass is 476 g/mol. The molecule has 0 saturated carbocycles. The lowest BCUT2D eigenvalue weighted by Gasteiger charge is -2.17. The topological polar surface area (TPSA) is 92.8 Å². The van der Waals surface area contributed by atoms with Crippen molar-refractivity contribution < 1.29 is 23.9 Å². The van der Waals surface area contributed by atoms with Crippen LogP contribution in [0, 0.1) is 13.8 Å². The fraction of sp³-hybridized carbons (Fsp3) is 0.154. The average Bonchev–Trinajstić information content (AvgIpc) is 3.07. The number of nitrogens with zero attached hydrogens (tertiary/aromatic N) is 1. The fourth-order valence-electron chi connectivity index (χ4n) is 3.65. The van der Waals surface area contributed by atoms with E-state index in [1.807, 2.05) is 26.0 Å². The van der Waals surface area contributed by atoms with Crippen molar-refractivity contribution in [1.82, 2.24) is 5.32 Å². The molecule has 3 aromatic carbocycles. The molecule has 1 N–H and O–H groups in total. The van der Waals surface area contributed by atoms with Crippen molar-refractivity contribution in [3.8, 4) is 0 Å². The highest BCUT2D eigenvalue weighted by atomic mass is 35.5. The Morgan fingerprint density at radius 2 is 1.68 bits per heavy atom. The average molecular weight is 477 g/mol. The number of rotatable bonds is 6. The number of imide groups is 1. The third-order valence-electron chi connectivity index (χ3n) is 5.50. The van der Waals surface area contributed by atoms with E-state index < -0.39 is 30.3 Å². The second kappa shape index (κ2) is 9.49. The number of aryl methyl sites for hydroxylation is 2. The minimum atomic E-state index is -0.777. The van der Waals surface area contributed by atoms with Crippen molar-refractivity contribution in [3.63, 3.8) is 0 Å². The maximum absolute atomic E-state index is 13.0. The molecule has 0 aromatic heterocycles. The van der Waals surface area contributed by atoms with E-state index in [0.29, 0.717) is 10.7 Å². The Bertz CT molecular complexity index is 1330. The zero-order chi connectivity index (χ0) is 24.4. The normalized spacial score (nSPS) is 12.5. The van der Waals surface area contributed by atoms with Gasteiger partial charge in [0, 0.05) is 11.6 Å². The molecule has 1 heterocycles. The molecule has 8 heteroatoms. The largest absolute Gasteiger partial charge is 0.452 e. The third kappa shape index (κ3) is 4.56. The number of hydrogen-bond donors (Lipinski definition) is 1. The summed E-state index contributed by atoms with van der Waals surface area (Å²) in [5.41, 5.74) is 3.33. The lowest BCUT2D eigenvalue weighted by atomic mass is 10.1. The quantitative estimate of drug-likeness (QED) is 0.424. The van der Waals surface area contributed by atoms with Gasteiger partial charge >= 0.3 is 5.97 Å². The Balaban J connectivity index is 1.43. The summed E-state index contributed by atoms with van der Waals surface area (Å²) in [5, 5.41) is 3.15. The van der Waals surface area contributed by atoms with E-state index in [2.05, 4.69) is 5.32 Å². The van der Waals surface area contributed by atoms with E-state index in [1.165, 1.54) is 18.2 Å². The van der Waals surface area contributed by atoms with Gasteiger partial charge in [-0.15, -0.1) is 0 Å². The van der Waals surface area contributed by atoms with Crippen LogP contribution in [0.5, 0.6) is 0 Å². The molecule has 34 heavy (non-hydrogen) atoms. The summed E-state index contributed by atoms with van der Waals surface area (Å²) in [7, 11) is 0. The van der Waals surface area contributed by atoms with Crippen LogP contribution in [0.2, 0.25) is 5.02 Å². The van der Waals surface area contributed by atoms with Gasteiger partial charge in [0.05, 0.1) is 22.4 Å². The Hall–Kier alpha value is -3.97. The molecule has 0 saturated heterocycles. The van der Waals surface area contributed by atoms with Crippen molar-refractivity contribution in [1.29, 1.82) is 0 Å². The smallest absolute Gasteiger partial charge is 0.338 e. The lowest BCUT2D eigenvalue weighted by molar-refractivity contribution is -0.124. The van der Waals surface area contributed by atoms with Crippen molar-refractivity contribution in [3.05, 3.63) is 99.1 Å². The summed E-state index contributed by atoms with van der Waals surface area (Å²) < 4.78 is 5.08. The van der Waals surface area contributed by atoms with Crippen LogP contribution in [-0.4, -0.2) is 30.3 Å². The van der Waals surface area contributed by atoms with Crippen molar-refractivity contribution in [2.75, 3.05) is 11.5 Å². The van der Waals surface area contributed by atoms with Crippen LogP contribution in [0.4, 0.5) is 5.69 Å². The first kappa shape index (κ1) is 23.2. The van der Waals surface area contributed by atoms with Crippen LogP contribution in [-0.2, 0) is 16.1 Å². The molecule has 1 aliphatic heterocycles. The Labute approximate surface area is 201 Å². The Kier molecular flexibility index (Phi) is 6.47. The predicted molar refractivity (Wildman–Crippen MR) is 127 cm³/mol. The summed E-state index contributed by atoms with van der Waals surface area (Å²) in [4.78, 5) is 51.6. The van der Waals surface area contributed by atoms with Crippen LogP contribution in [0.15, 0.2) is 60.7 Å². The van der Waals surface area contributed by atoms with Gasteiger partial charge in [-0.3, -0.25) is 14.4 Å². The van der Waals surface area contributed by atoms with Gasteiger partial charge < -0.3 is 10.1 Å². The van der Waals surface area contributed by atoms with Gasteiger partial charge in [0.15, 0.2) is 6.61 Å². The molecule has 0 atom stereocenters. The van der Waals surface area contributed by atoms with Crippen LogP contribution in [0.1, 0.15) is 47.8 Å². The van der Waals surface area contributed by atoms with Crippen LogP contribution in [0.25, 0.3) is 0 Å². The minimum Gasteiger partial charge on any atom is -0.452 e. The molecular formula is C26H21ClN2O5. The molecule has 0 spiro atoms. The molecule has 7 nitrogen and oxygen atoms in total. The van der Waals surface area contributed by atoms with Gasteiger partial charge in [0.1, 0.15) is 0 Å². The molecule has 1 aliphatic rings. The molecule has 0 radical (unpaired) electrons. The van der Waals surface area contributed by atoms with Crippen LogP contribution < -0.4 is 10.2 Å². The van der Waals surface area contributed by atoms with E-state index in [4.69, 9.17) is 16.3 Å². The summed E-state index contributed by atoms with van der Waals surface area (Å²) in [5.74, 6) is -2.24. The maximum atomic E-state index is 13.0. The second-order valence-electron chi connectivity index (χ2n) is 7.94. The number of fused-ring (bicyclic) bond motifs is 1. The molecule has 172 valence electrons. The van der Waals surface area contributed by atoms with Gasteiger partial charge in [-0.05, 0) is 60.9 Å². The highest BCUT2D eigenvalue weighted by molar-refractivity contribution is 6.35. The number of carbonyl (C=O) groups excluding carboxylic acids is 4. The van der Waals surface area contributed by atoms with Crippen LogP contribution >= 0.6 is 11.6 Å². The number of esters is 1. The van der Waals surface area contributed by atoms with Gasteiger partial charge in [-0.1, -0.05) is 41.9 Å². The van der Waals surface area contributed by atoms with E-state index in [9.17, 15) is 19.2 Å². The molecule has 0 bridgehead atoms. The highest BCUT2D eigenvalue weighted by Gasteiger charge is 2.38. The molecule has 0 aliphatic carbocycles. The zero-order valence-corrected chi connectivity index (χ0v) is 19.3. The molecular weight excluding hydrogens is 456 g/mol. The van der Waals surface area contributed by atoms with Gasteiger partial charge in [-0.2, -0.15) is 0 Å². The molecule has 3 aromatic rings. The number of halogens is 1. The first-order valence-corrected chi connectivity index (χ1v) is 10.9. The van der Waals surface area contributed by atoms with E-state index >= 15 is 0 Å². The second-order valence-corrected chi connectivity index (χ2v) is 8.35. The van der Waals surface area contributed by atoms with Crippen molar-refractivity contribution in [2.24, 2.45) is 0 Å². The zero-order valence-electron chi connectivity index (χ0n) is 18.6. The SMILES string of the molecule is Cc1ccc(C)c(N2C(=O)c3ccc(C(=O)OCC(=O)NCc4ccccc4Cl)cc3C2=O)c1. The number of anilines is 1. The molecule has 4 rings (SSSR count). The first-order chi connectivity index (χ1) is 16.3. The summed E-state index contributed by atoms with van der Waals surface area (Å²) in [6, 6.07) is 16.7. The number of hydrogen-bond acceptors (Lipinski definition) is 5. The first-order valence-electron chi connectivity index (χ1n) is 10.5. The van der Waals surface area contributed by atoms with E-state index in [0.717, 1.165) is 21.6 Å². The summed E-state index contributed by atoms with van der Waals surface area (Å²) in [6.07, 6.45) is 0. The Morgan fingerprint density at radius 3 is 2.44 bits per heavy atom. The predicted octanol–water partition coefficient (Wildman–Crippen LogP) is 4.23. The number of carbonyl (C=O) groups is 4. The third-order valence-corrected chi connectivity index (χ3v) is 5.86. The van der Waals surface area contributed by atoms with E-state index in [1.54, 1.807) is 30.3 Å². The molecule has 0 fully saturated rings. The number of amides is 3. The number of ether oxygens (including phenoxy) is 1. The van der Waals surface area contributed by atoms with Gasteiger partial charge in [0.25, 0.3) is 17.7 Å². The van der Waals surface area contributed by atoms with Crippen molar-refractivity contribution in [2.45, 2.75) is 20.4 Å². The summed E-state index contributed by atoms with van der Waals surface area (Å²) in [6.45, 7) is 3.39. The molecule has 3 amide bonds. The van der Waals surface area contributed by atoms with Crippen LogP contribution in [0.3, 0.4) is 0 Å². The van der Waals surface area contributed by atoms with Gasteiger partial charge in [-0.25, -0.2) is 9.69 Å². The lowest BCUT2D eigenvalue weighted by Crippen LogP contribution is -2.30. The maximum Gasteiger partial charge on any atom is 0.338 e. The molecule has 0 unspecified atom stereocenters. The number of nitrogens with one attached hydrogen (secondary N) is 1. The fourth-order valence-corrected chi connectivity index (χ4v) is 3.85. The highest BCUT2D eigenvalue weighted by Crippen LogP contribution is 2.31. The number of benzene rings is 3. The minimum absolute atomic E-state index is 0.0709. The summed E-state index contributed by atoms with van der Waals surface area (Å²) >= 11 is 6.06. The van der Waals surface area contributed by atoms with Gasteiger partial charge in [0.2, 0.25) is 0 Å². The van der Waals surface area contributed by atoms with Crippen molar-refractivity contribution >= 4 is 41.0 Å². The Morgan fingerprint density at radius 1 is 0.941 bits per heavy atom. The standard InChI is InChI=1S/C26H21ClN2O5/c1-15-7-8-16(2)22(11-15)29-24(31)19-10-9-17(12-20(19)25(29)32)26(33)34-14-23(30)28-13-18-5-3-4-6-21(18)27/h3-12H,13-14H2,1-2H3,(H,28,30). The van der Waals surface area contributed by atoms with E-state index in [-0.39, 0.29) is 23.2 Å².